The molecule has 0 aliphatic carbocycles. The van der Waals surface area contributed by atoms with Crippen LogP contribution in [0.15, 0.2) is 152 Å². The molecule has 8 aromatic rings. The highest BCUT2D eigenvalue weighted by Crippen LogP contribution is 2.53. The highest BCUT2D eigenvalue weighted by atomic mass is 31.2. The normalized spacial score (nSPS) is 15.6. The minimum Gasteiger partial charge on any atom is -0.309 e. The molecule has 1 atom stereocenters. The van der Waals surface area contributed by atoms with E-state index in [1.54, 1.807) is 0 Å². The first kappa shape index (κ1) is 24.4. The minimum absolute atomic E-state index is 0.878. The van der Waals surface area contributed by atoms with Crippen molar-refractivity contribution in [1.82, 2.24) is 9.55 Å². The molecule has 2 aromatic heterocycles. The molecule has 0 spiro atoms. The number of hydrogen-bond donors (Lipinski definition) is 0. The largest absolute Gasteiger partial charge is 0.309 e. The highest BCUT2D eigenvalue weighted by molar-refractivity contribution is 7.86. The van der Waals surface area contributed by atoms with Gasteiger partial charge in [0.25, 0.3) is 0 Å². The van der Waals surface area contributed by atoms with Crippen LogP contribution in [0.4, 0.5) is 0 Å². The molecule has 1 unspecified atom stereocenters. The number of para-hydroxylation sites is 2. The number of benzene rings is 6. The van der Waals surface area contributed by atoms with E-state index in [9.17, 15) is 0 Å². The zero-order chi connectivity index (χ0) is 28.5. The summed E-state index contributed by atoms with van der Waals surface area (Å²) in [6.45, 7) is 0. The monoisotopic (exact) mass is 568 g/mol. The molecule has 3 nitrogen and oxygen atoms in total. The van der Waals surface area contributed by atoms with Gasteiger partial charge in [-0.15, -0.1) is 0 Å². The molecule has 9 rings (SSSR count). The molecule has 6 aromatic carbocycles. The summed E-state index contributed by atoms with van der Waals surface area (Å²) in [5.41, 5.74) is 8.69. The summed E-state index contributed by atoms with van der Waals surface area (Å²) in [7, 11) is -3.02. The number of hydrogen-bond acceptors (Lipinski definition) is 2. The van der Waals surface area contributed by atoms with Gasteiger partial charge in [-0.2, -0.15) is 0 Å². The van der Waals surface area contributed by atoms with E-state index in [0.29, 0.717) is 0 Å². The second-order valence-corrected chi connectivity index (χ2v) is 13.8. The molecule has 4 heteroatoms. The van der Waals surface area contributed by atoms with Gasteiger partial charge < -0.3 is 9.13 Å². The summed E-state index contributed by atoms with van der Waals surface area (Å²) < 4.78 is 17.5. The standard InChI is InChI=1S/C39H25N2OP/c42-43(29-12-2-1-3-13-29)37-18-7-5-15-32(37)34-24-36-33(25-38(34)43)31-14-4-6-17-35(31)41(36)28-21-19-26(20-22-28)30-16-8-10-27-11-9-23-40-39(27)30/h1-25H. The maximum Gasteiger partial charge on any atom is 0.172 e. The van der Waals surface area contributed by atoms with Crippen molar-refractivity contribution in [2.45, 2.75) is 0 Å². The molecular formula is C39H25N2OP. The quantitative estimate of drug-likeness (QED) is 0.200. The Labute approximate surface area is 249 Å². The van der Waals surface area contributed by atoms with Crippen LogP contribution in [0.5, 0.6) is 0 Å². The molecule has 3 heterocycles. The third-order valence-corrected chi connectivity index (χ3v) is 12.0. The molecule has 1 aliphatic heterocycles. The smallest absolute Gasteiger partial charge is 0.172 e. The summed E-state index contributed by atoms with van der Waals surface area (Å²) in [5.74, 6) is 0. The Kier molecular flexibility index (Phi) is 5.17. The molecule has 0 saturated carbocycles. The zero-order valence-electron chi connectivity index (χ0n) is 23.2. The van der Waals surface area contributed by atoms with Gasteiger partial charge in [-0.3, -0.25) is 4.98 Å². The summed E-state index contributed by atoms with van der Waals surface area (Å²) in [5, 5.41) is 6.12. The van der Waals surface area contributed by atoms with Crippen molar-refractivity contribution in [1.29, 1.82) is 0 Å². The lowest BCUT2D eigenvalue weighted by Gasteiger charge is -2.16. The van der Waals surface area contributed by atoms with E-state index < -0.39 is 7.14 Å². The van der Waals surface area contributed by atoms with Crippen molar-refractivity contribution in [3.05, 3.63) is 152 Å². The summed E-state index contributed by atoms with van der Waals surface area (Å²) in [4.78, 5) is 4.67. The molecule has 0 fully saturated rings. The Morgan fingerprint density at radius 2 is 1.28 bits per heavy atom. The lowest BCUT2D eigenvalue weighted by molar-refractivity contribution is 0.593. The van der Waals surface area contributed by atoms with Crippen molar-refractivity contribution >= 4 is 55.8 Å². The Morgan fingerprint density at radius 3 is 2.16 bits per heavy atom. The van der Waals surface area contributed by atoms with Crippen LogP contribution in [0.2, 0.25) is 0 Å². The number of rotatable bonds is 3. The maximum absolute atomic E-state index is 15.2. The van der Waals surface area contributed by atoms with Crippen LogP contribution in [-0.2, 0) is 4.57 Å². The van der Waals surface area contributed by atoms with Gasteiger partial charge in [0.05, 0.1) is 16.6 Å². The molecule has 0 radical (unpaired) electrons. The fraction of sp³-hybridized carbons (Fsp3) is 0. The molecule has 0 amide bonds. The van der Waals surface area contributed by atoms with E-state index >= 15 is 4.57 Å². The Hall–Kier alpha value is -5.24. The van der Waals surface area contributed by atoms with Crippen molar-refractivity contribution < 1.29 is 4.57 Å². The van der Waals surface area contributed by atoms with Gasteiger partial charge in [0.15, 0.2) is 7.14 Å². The lowest BCUT2D eigenvalue weighted by Crippen LogP contribution is -2.20. The maximum atomic E-state index is 15.2. The Balaban J connectivity index is 1.29. The average Bonchev–Trinajstić information content (AvgIpc) is 3.54. The van der Waals surface area contributed by atoms with E-state index in [2.05, 4.69) is 101 Å². The SMILES string of the molecule is O=P1(c2ccccc2)c2ccccc2-c2cc3c(cc21)c1ccccc1n3-c1ccc(-c2cccc3cccnc23)cc1. The van der Waals surface area contributed by atoms with Gasteiger partial charge in [0.2, 0.25) is 0 Å². The summed E-state index contributed by atoms with van der Waals surface area (Å²) in [6, 6.07) is 50.3. The molecule has 202 valence electrons. The van der Waals surface area contributed by atoms with E-state index in [0.717, 1.165) is 76.6 Å². The van der Waals surface area contributed by atoms with E-state index in [4.69, 9.17) is 0 Å². The van der Waals surface area contributed by atoms with Crippen molar-refractivity contribution in [3.63, 3.8) is 0 Å². The van der Waals surface area contributed by atoms with Crippen LogP contribution in [0, 0.1) is 0 Å². The average molecular weight is 569 g/mol. The molecule has 1 aliphatic rings. The van der Waals surface area contributed by atoms with Gasteiger partial charge in [0.1, 0.15) is 0 Å². The highest BCUT2D eigenvalue weighted by Gasteiger charge is 2.40. The predicted octanol–water partition coefficient (Wildman–Crippen LogP) is 8.62. The molecular weight excluding hydrogens is 543 g/mol. The van der Waals surface area contributed by atoms with Gasteiger partial charge in [-0.25, -0.2) is 0 Å². The third kappa shape index (κ3) is 3.43. The second kappa shape index (κ2) is 9.13. The lowest BCUT2D eigenvalue weighted by atomic mass is 10.0. The molecule has 0 N–H and O–H groups in total. The van der Waals surface area contributed by atoms with Crippen LogP contribution in [0.1, 0.15) is 0 Å². The minimum atomic E-state index is -3.02. The van der Waals surface area contributed by atoms with E-state index in [1.807, 2.05) is 60.8 Å². The van der Waals surface area contributed by atoms with Crippen LogP contribution in [-0.4, -0.2) is 9.55 Å². The van der Waals surface area contributed by atoms with E-state index in [-0.39, 0.29) is 0 Å². The number of fused-ring (bicyclic) bond motifs is 7. The Bertz CT molecular complexity index is 2420. The topological polar surface area (TPSA) is 34.9 Å². The third-order valence-electron chi connectivity index (χ3n) is 8.85. The molecule has 0 bridgehead atoms. The number of pyridine rings is 1. The van der Waals surface area contributed by atoms with Gasteiger partial charge in [-0.05, 0) is 53.1 Å². The Morgan fingerprint density at radius 1 is 0.535 bits per heavy atom. The fourth-order valence-corrected chi connectivity index (χ4v) is 9.98. The predicted molar refractivity (Wildman–Crippen MR) is 180 cm³/mol. The van der Waals surface area contributed by atoms with Crippen molar-refractivity contribution in [3.8, 4) is 27.9 Å². The number of aromatic nitrogens is 2. The van der Waals surface area contributed by atoms with Crippen LogP contribution >= 0.6 is 7.14 Å². The fourth-order valence-electron chi connectivity index (χ4n) is 6.91. The van der Waals surface area contributed by atoms with Gasteiger partial charge in [-0.1, -0.05) is 109 Å². The first-order valence-corrected chi connectivity index (χ1v) is 16.2. The first-order chi connectivity index (χ1) is 21.2. The van der Waals surface area contributed by atoms with Gasteiger partial charge in [0, 0.05) is 49.5 Å². The summed E-state index contributed by atoms with van der Waals surface area (Å²) in [6.07, 6.45) is 1.85. The molecule has 0 saturated heterocycles. The zero-order valence-corrected chi connectivity index (χ0v) is 24.1. The second-order valence-electron chi connectivity index (χ2n) is 11.1. The van der Waals surface area contributed by atoms with Crippen LogP contribution in [0.3, 0.4) is 0 Å². The van der Waals surface area contributed by atoms with Gasteiger partial charge >= 0.3 is 0 Å². The van der Waals surface area contributed by atoms with Crippen LogP contribution in [0.25, 0.3) is 60.6 Å². The first-order valence-electron chi connectivity index (χ1n) is 14.5. The summed E-state index contributed by atoms with van der Waals surface area (Å²) >= 11 is 0. The molecule has 43 heavy (non-hydrogen) atoms. The number of nitrogens with zero attached hydrogens (tertiary/aromatic N) is 2. The van der Waals surface area contributed by atoms with E-state index in [1.165, 1.54) is 0 Å². The van der Waals surface area contributed by atoms with Crippen molar-refractivity contribution in [2.75, 3.05) is 0 Å². The van der Waals surface area contributed by atoms with Crippen molar-refractivity contribution in [2.24, 2.45) is 0 Å². The van der Waals surface area contributed by atoms with Crippen LogP contribution < -0.4 is 15.9 Å².